The predicted molar refractivity (Wildman–Crippen MR) is 80.2 cm³/mol. The highest BCUT2D eigenvalue weighted by molar-refractivity contribution is 5.84. The first-order chi connectivity index (χ1) is 10.3. The fourth-order valence-electron chi connectivity index (χ4n) is 2.25. The van der Waals surface area contributed by atoms with Crippen molar-refractivity contribution in [2.45, 2.75) is 13.0 Å². The average Bonchev–Trinajstić information content (AvgIpc) is 3.04. The summed E-state index contributed by atoms with van der Waals surface area (Å²) in [6.45, 7) is 1.64. The molecule has 1 heterocycles. The molecule has 0 amide bonds. The third-order valence-electron chi connectivity index (χ3n) is 3.37. The lowest BCUT2D eigenvalue weighted by molar-refractivity contribution is 0.409. The highest BCUT2D eigenvalue weighted by Gasteiger charge is 2.00. The highest BCUT2D eigenvalue weighted by Crippen LogP contribution is 2.21. The van der Waals surface area contributed by atoms with Gasteiger partial charge in [-0.2, -0.15) is 4.98 Å². The number of methoxy groups -OCH3 is 1. The van der Waals surface area contributed by atoms with Crippen molar-refractivity contribution < 1.29 is 9.26 Å². The minimum absolute atomic E-state index is 0.730. The van der Waals surface area contributed by atoms with Gasteiger partial charge in [-0.15, -0.1) is 0 Å². The molecule has 3 rings (SSSR count). The summed E-state index contributed by atoms with van der Waals surface area (Å²) in [4.78, 5) is 3.99. The van der Waals surface area contributed by atoms with Gasteiger partial charge in [0.05, 0.1) is 7.11 Å². The molecule has 108 valence electrons. The Kier molecular flexibility index (Phi) is 4.12. The maximum Gasteiger partial charge on any atom is 0.213 e. The summed E-state index contributed by atoms with van der Waals surface area (Å²) in [6, 6.07) is 12.5. The van der Waals surface area contributed by atoms with Gasteiger partial charge < -0.3 is 14.6 Å². The van der Waals surface area contributed by atoms with E-state index in [0.29, 0.717) is 0 Å². The number of aromatic nitrogens is 2. The van der Waals surface area contributed by atoms with Gasteiger partial charge in [0.1, 0.15) is 5.75 Å². The molecule has 2 aromatic carbocycles. The SMILES string of the molecule is COc1ccc2cc(CNCCc3ncon3)ccc2c1. The first-order valence-corrected chi connectivity index (χ1v) is 6.88. The van der Waals surface area contributed by atoms with Crippen molar-refractivity contribution in [1.29, 1.82) is 0 Å². The quantitative estimate of drug-likeness (QED) is 0.704. The summed E-state index contributed by atoms with van der Waals surface area (Å²) in [6.07, 6.45) is 2.12. The second-order valence-electron chi connectivity index (χ2n) is 4.82. The van der Waals surface area contributed by atoms with Gasteiger partial charge in [0.15, 0.2) is 5.82 Å². The highest BCUT2D eigenvalue weighted by atomic mass is 16.5. The van der Waals surface area contributed by atoms with Crippen LogP contribution in [0.25, 0.3) is 10.8 Å². The molecular formula is C16H17N3O2. The first kappa shape index (κ1) is 13.6. The smallest absolute Gasteiger partial charge is 0.213 e. The predicted octanol–water partition coefficient (Wildman–Crippen LogP) is 2.56. The number of hydrogen-bond acceptors (Lipinski definition) is 5. The topological polar surface area (TPSA) is 60.2 Å². The number of rotatable bonds is 6. The molecule has 5 nitrogen and oxygen atoms in total. The Morgan fingerprint density at radius 2 is 2.00 bits per heavy atom. The van der Waals surface area contributed by atoms with Gasteiger partial charge >= 0.3 is 0 Å². The summed E-state index contributed by atoms with van der Waals surface area (Å²) in [5.74, 6) is 1.61. The molecule has 1 aromatic heterocycles. The van der Waals surface area contributed by atoms with E-state index >= 15 is 0 Å². The summed E-state index contributed by atoms with van der Waals surface area (Å²) in [5, 5.41) is 9.56. The normalized spacial score (nSPS) is 10.9. The van der Waals surface area contributed by atoms with E-state index in [-0.39, 0.29) is 0 Å². The molecule has 5 heteroatoms. The van der Waals surface area contributed by atoms with Crippen LogP contribution in [0.2, 0.25) is 0 Å². The van der Waals surface area contributed by atoms with Gasteiger partial charge in [-0.3, -0.25) is 0 Å². The lowest BCUT2D eigenvalue weighted by atomic mass is 10.1. The Balaban J connectivity index is 1.59. The molecule has 0 aliphatic heterocycles. The lowest BCUT2D eigenvalue weighted by Gasteiger charge is -2.06. The molecule has 3 aromatic rings. The van der Waals surface area contributed by atoms with Crippen LogP contribution < -0.4 is 10.1 Å². The molecule has 0 saturated carbocycles. The van der Waals surface area contributed by atoms with Gasteiger partial charge in [0, 0.05) is 19.5 Å². The standard InChI is InChI=1S/C16H17N3O2/c1-20-15-5-4-13-8-12(2-3-14(13)9-15)10-17-7-6-16-18-11-21-19-16/h2-5,8-9,11,17H,6-7,10H2,1H3. The molecule has 0 fully saturated rings. The van der Waals surface area contributed by atoms with E-state index in [1.165, 1.54) is 22.7 Å². The zero-order valence-corrected chi connectivity index (χ0v) is 11.9. The second-order valence-corrected chi connectivity index (χ2v) is 4.82. The van der Waals surface area contributed by atoms with E-state index in [9.17, 15) is 0 Å². The van der Waals surface area contributed by atoms with Crippen LogP contribution in [-0.4, -0.2) is 23.8 Å². The molecular weight excluding hydrogens is 266 g/mol. The summed E-state index contributed by atoms with van der Waals surface area (Å²) < 4.78 is 9.93. The third kappa shape index (κ3) is 3.38. The van der Waals surface area contributed by atoms with E-state index < -0.39 is 0 Å². The molecule has 0 radical (unpaired) electrons. The minimum atomic E-state index is 0.730. The van der Waals surface area contributed by atoms with Crippen molar-refractivity contribution >= 4 is 10.8 Å². The van der Waals surface area contributed by atoms with Crippen LogP contribution in [0, 0.1) is 0 Å². The Morgan fingerprint density at radius 3 is 2.81 bits per heavy atom. The molecule has 0 unspecified atom stereocenters. The van der Waals surface area contributed by atoms with Gasteiger partial charge in [0.2, 0.25) is 6.39 Å². The number of ether oxygens (including phenoxy) is 1. The lowest BCUT2D eigenvalue weighted by Crippen LogP contribution is -2.17. The third-order valence-corrected chi connectivity index (χ3v) is 3.37. The Labute approximate surface area is 122 Å². The van der Waals surface area contributed by atoms with E-state index in [4.69, 9.17) is 9.26 Å². The van der Waals surface area contributed by atoms with Crippen molar-refractivity contribution in [2.75, 3.05) is 13.7 Å². The van der Waals surface area contributed by atoms with E-state index in [0.717, 1.165) is 31.1 Å². The van der Waals surface area contributed by atoms with Gasteiger partial charge in [-0.1, -0.05) is 23.4 Å². The number of nitrogens with one attached hydrogen (secondary N) is 1. The van der Waals surface area contributed by atoms with Crippen LogP contribution in [0.15, 0.2) is 47.3 Å². The number of benzene rings is 2. The van der Waals surface area contributed by atoms with Crippen molar-refractivity contribution in [3.8, 4) is 5.75 Å². The number of hydrogen-bond donors (Lipinski definition) is 1. The molecule has 21 heavy (non-hydrogen) atoms. The molecule has 0 aliphatic rings. The van der Waals surface area contributed by atoms with Gasteiger partial charge in [-0.05, 0) is 34.5 Å². The van der Waals surface area contributed by atoms with Crippen LogP contribution in [0.4, 0.5) is 0 Å². The summed E-state index contributed by atoms with van der Waals surface area (Å²) in [7, 11) is 1.68. The van der Waals surface area contributed by atoms with Crippen LogP contribution in [-0.2, 0) is 13.0 Å². The van der Waals surface area contributed by atoms with Gasteiger partial charge in [0.25, 0.3) is 0 Å². The van der Waals surface area contributed by atoms with Gasteiger partial charge in [-0.25, -0.2) is 0 Å². The Bertz CT molecular complexity index is 711. The molecule has 0 spiro atoms. The zero-order valence-electron chi connectivity index (χ0n) is 11.9. The van der Waals surface area contributed by atoms with Crippen LogP contribution in [0.1, 0.15) is 11.4 Å². The number of fused-ring (bicyclic) bond motifs is 1. The zero-order chi connectivity index (χ0) is 14.5. The average molecular weight is 283 g/mol. The minimum Gasteiger partial charge on any atom is -0.497 e. The summed E-state index contributed by atoms with van der Waals surface area (Å²) in [5.41, 5.74) is 1.25. The molecule has 0 atom stereocenters. The largest absolute Gasteiger partial charge is 0.497 e. The fourth-order valence-corrected chi connectivity index (χ4v) is 2.25. The maximum atomic E-state index is 5.24. The summed E-state index contributed by atoms with van der Waals surface area (Å²) >= 11 is 0. The van der Waals surface area contributed by atoms with Crippen molar-refractivity contribution in [2.24, 2.45) is 0 Å². The van der Waals surface area contributed by atoms with E-state index in [1.54, 1.807) is 7.11 Å². The fraction of sp³-hybridized carbons (Fsp3) is 0.250. The molecule has 1 N–H and O–H groups in total. The molecule has 0 bridgehead atoms. The number of nitrogens with zero attached hydrogens (tertiary/aromatic N) is 2. The monoisotopic (exact) mass is 283 g/mol. The Morgan fingerprint density at radius 1 is 1.14 bits per heavy atom. The van der Waals surface area contributed by atoms with Crippen LogP contribution >= 0.6 is 0 Å². The Hall–Kier alpha value is -2.40. The first-order valence-electron chi connectivity index (χ1n) is 6.88. The van der Waals surface area contributed by atoms with Crippen molar-refractivity contribution in [3.63, 3.8) is 0 Å². The van der Waals surface area contributed by atoms with E-state index in [2.05, 4.69) is 39.7 Å². The van der Waals surface area contributed by atoms with Crippen LogP contribution in [0.3, 0.4) is 0 Å². The van der Waals surface area contributed by atoms with Crippen molar-refractivity contribution in [3.05, 3.63) is 54.2 Å². The van der Waals surface area contributed by atoms with Crippen LogP contribution in [0.5, 0.6) is 5.75 Å². The maximum absolute atomic E-state index is 5.24. The molecule has 0 saturated heterocycles. The van der Waals surface area contributed by atoms with E-state index in [1.807, 2.05) is 12.1 Å². The second kappa shape index (κ2) is 6.37. The van der Waals surface area contributed by atoms with Crippen molar-refractivity contribution in [1.82, 2.24) is 15.5 Å². The molecule has 0 aliphatic carbocycles.